The molecule has 0 saturated carbocycles. The second-order valence-corrected chi connectivity index (χ2v) is 7.83. The summed E-state index contributed by atoms with van der Waals surface area (Å²) < 4.78 is 62.2. The van der Waals surface area contributed by atoms with Crippen molar-refractivity contribution in [2.75, 3.05) is 10.8 Å². The van der Waals surface area contributed by atoms with Crippen LogP contribution in [0.2, 0.25) is 0 Å². The fourth-order valence-corrected chi connectivity index (χ4v) is 4.12. The van der Waals surface area contributed by atoms with Crippen LogP contribution < -0.4 is 4.31 Å². The van der Waals surface area contributed by atoms with Crippen molar-refractivity contribution in [3.05, 3.63) is 30.6 Å². The maximum Gasteiger partial charge on any atom is 0.332 e. The van der Waals surface area contributed by atoms with Crippen LogP contribution >= 0.6 is 0 Å². The number of benzene rings is 1. The van der Waals surface area contributed by atoms with Crippen molar-refractivity contribution in [3.63, 3.8) is 0 Å². The van der Waals surface area contributed by atoms with E-state index in [1.807, 2.05) is 0 Å². The van der Waals surface area contributed by atoms with Crippen LogP contribution in [-0.2, 0) is 26.8 Å². The molecule has 2 aromatic rings. The molecule has 0 saturated heterocycles. The zero-order chi connectivity index (χ0) is 16.0. The number of rotatable bonds is 3. The standard InChI is InChI=1S/C11H11FN4O4S2/c12-21(17,18)9-2-4-10(5-3-9)22(19,20)16-7-1-6-15-11(16)13-8-14-15/h2-5,8H,1,6-7H2. The summed E-state index contributed by atoms with van der Waals surface area (Å²) in [4.78, 5) is 3.20. The Labute approximate surface area is 126 Å². The number of sulfonamides is 1. The Morgan fingerprint density at radius 2 is 1.64 bits per heavy atom. The molecule has 1 aromatic carbocycles. The third-order valence-electron chi connectivity index (χ3n) is 3.24. The van der Waals surface area contributed by atoms with Gasteiger partial charge in [0.15, 0.2) is 0 Å². The zero-order valence-electron chi connectivity index (χ0n) is 11.1. The topological polar surface area (TPSA) is 102 Å². The molecule has 0 fully saturated rings. The summed E-state index contributed by atoms with van der Waals surface area (Å²) in [5.41, 5.74) is 0. The molecular weight excluding hydrogens is 335 g/mol. The Balaban J connectivity index is 2.02. The number of nitrogens with zero attached hydrogens (tertiary/aromatic N) is 4. The number of halogens is 1. The van der Waals surface area contributed by atoms with Crippen molar-refractivity contribution in [1.82, 2.24) is 14.8 Å². The first-order valence-corrected chi connectivity index (χ1v) is 9.08. The highest BCUT2D eigenvalue weighted by atomic mass is 32.3. The van der Waals surface area contributed by atoms with Gasteiger partial charge in [0.25, 0.3) is 10.0 Å². The van der Waals surface area contributed by atoms with E-state index >= 15 is 0 Å². The van der Waals surface area contributed by atoms with E-state index in [0.29, 0.717) is 13.0 Å². The molecule has 0 N–H and O–H groups in total. The first-order chi connectivity index (χ1) is 10.3. The molecule has 118 valence electrons. The maximum atomic E-state index is 12.9. The Hall–Kier alpha value is -2.01. The lowest BCUT2D eigenvalue weighted by Gasteiger charge is -2.27. The van der Waals surface area contributed by atoms with Gasteiger partial charge in [0.1, 0.15) is 6.33 Å². The molecule has 8 nitrogen and oxygen atoms in total. The highest BCUT2D eigenvalue weighted by Gasteiger charge is 2.31. The Morgan fingerprint density at radius 1 is 1.00 bits per heavy atom. The van der Waals surface area contributed by atoms with Crippen LogP contribution in [0.1, 0.15) is 6.42 Å². The zero-order valence-corrected chi connectivity index (χ0v) is 12.8. The second-order valence-electron chi connectivity index (χ2n) is 4.62. The number of aryl methyl sites for hydroxylation is 1. The summed E-state index contributed by atoms with van der Waals surface area (Å²) in [6, 6.07) is 3.93. The molecule has 0 spiro atoms. The van der Waals surface area contributed by atoms with E-state index in [0.717, 1.165) is 28.6 Å². The minimum Gasteiger partial charge on any atom is -0.234 e. The van der Waals surface area contributed by atoms with Gasteiger partial charge < -0.3 is 0 Å². The van der Waals surface area contributed by atoms with E-state index in [1.54, 1.807) is 0 Å². The first-order valence-electron chi connectivity index (χ1n) is 6.25. The molecule has 3 rings (SSSR count). The van der Waals surface area contributed by atoms with Crippen molar-refractivity contribution in [3.8, 4) is 0 Å². The van der Waals surface area contributed by atoms with Gasteiger partial charge in [0.2, 0.25) is 5.95 Å². The lowest BCUT2D eigenvalue weighted by Crippen LogP contribution is -2.38. The second kappa shape index (κ2) is 5.02. The summed E-state index contributed by atoms with van der Waals surface area (Å²) in [5, 5.41) is 3.93. The summed E-state index contributed by atoms with van der Waals surface area (Å²) in [6.45, 7) is 0.810. The van der Waals surface area contributed by atoms with E-state index < -0.39 is 25.1 Å². The Bertz CT molecular complexity index is 906. The third-order valence-corrected chi connectivity index (χ3v) is 5.87. The summed E-state index contributed by atoms with van der Waals surface area (Å²) in [6.07, 6.45) is 1.84. The van der Waals surface area contributed by atoms with Gasteiger partial charge in [-0.15, -0.1) is 3.89 Å². The quantitative estimate of drug-likeness (QED) is 0.752. The molecule has 1 aliphatic heterocycles. The molecular formula is C11H11FN4O4S2. The monoisotopic (exact) mass is 346 g/mol. The van der Waals surface area contributed by atoms with Crippen LogP contribution in [0.5, 0.6) is 0 Å². The van der Waals surface area contributed by atoms with Crippen LogP contribution in [0.15, 0.2) is 40.4 Å². The van der Waals surface area contributed by atoms with Gasteiger partial charge in [-0.3, -0.25) is 0 Å². The van der Waals surface area contributed by atoms with Gasteiger partial charge in [-0.2, -0.15) is 18.5 Å². The van der Waals surface area contributed by atoms with Gasteiger partial charge in [-0.1, -0.05) is 0 Å². The number of fused-ring (bicyclic) bond motifs is 1. The van der Waals surface area contributed by atoms with Crippen molar-refractivity contribution in [2.24, 2.45) is 0 Å². The Kier molecular flexibility index (Phi) is 3.40. The van der Waals surface area contributed by atoms with Crippen LogP contribution in [-0.4, -0.2) is 38.1 Å². The molecule has 1 aromatic heterocycles. The van der Waals surface area contributed by atoms with E-state index in [9.17, 15) is 20.7 Å². The van der Waals surface area contributed by atoms with Crippen LogP contribution in [0, 0.1) is 0 Å². The maximum absolute atomic E-state index is 12.9. The summed E-state index contributed by atoms with van der Waals surface area (Å²) in [7, 11) is -8.78. The lowest BCUT2D eigenvalue weighted by molar-refractivity contribution is 0.529. The molecule has 0 bridgehead atoms. The van der Waals surface area contributed by atoms with Crippen molar-refractivity contribution in [2.45, 2.75) is 22.8 Å². The lowest BCUT2D eigenvalue weighted by atomic mass is 10.4. The third kappa shape index (κ3) is 2.46. The normalized spacial score (nSPS) is 15.6. The van der Waals surface area contributed by atoms with Gasteiger partial charge in [0, 0.05) is 13.1 Å². The first kappa shape index (κ1) is 14.9. The minimum absolute atomic E-state index is 0.142. The summed E-state index contributed by atoms with van der Waals surface area (Å²) in [5.74, 6) is 0.202. The average molecular weight is 346 g/mol. The summed E-state index contributed by atoms with van der Waals surface area (Å²) >= 11 is 0. The number of aromatic nitrogens is 3. The number of hydrogen-bond acceptors (Lipinski definition) is 6. The average Bonchev–Trinajstić information content (AvgIpc) is 2.94. The number of hydrogen-bond donors (Lipinski definition) is 0. The van der Waals surface area contributed by atoms with Gasteiger partial charge in [-0.25, -0.2) is 17.4 Å². The van der Waals surface area contributed by atoms with Crippen molar-refractivity contribution in [1.29, 1.82) is 0 Å². The van der Waals surface area contributed by atoms with Crippen molar-refractivity contribution >= 4 is 26.2 Å². The van der Waals surface area contributed by atoms with E-state index in [4.69, 9.17) is 0 Å². The van der Waals surface area contributed by atoms with Gasteiger partial charge >= 0.3 is 10.2 Å². The highest BCUT2D eigenvalue weighted by molar-refractivity contribution is 7.92. The molecule has 0 amide bonds. The van der Waals surface area contributed by atoms with Gasteiger partial charge in [0.05, 0.1) is 9.79 Å². The largest absolute Gasteiger partial charge is 0.332 e. The van der Waals surface area contributed by atoms with E-state index in [-0.39, 0.29) is 17.4 Å². The fourth-order valence-electron chi connectivity index (χ4n) is 2.20. The molecule has 0 unspecified atom stereocenters. The van der Waals surface area contributed by atoms with E-state index in [2.05, 4.69) is 10.1 Å². The minimum atomic E-state index is -4.86. The molecule has 22 heavy (non-hydrogen) atoms. The SMILES string of the molecule is O=S(=O)(F)c1ccc(S(=O)(=O)N2CCCn3ncnc32)cc1. The molecule has 11 heteroatoms. The smallest absolute Gasteiger partial charge is 0.234 e. The number of anilines is 1. The van der Waals surface area contributed by atoms with Gasteiger partial charge in [-0.05, 0) is 30.7 Å². The fraction of sp³-hybridized carbons (Fsp3) is 0.273. The van der Waals surface area contributed by atoms with Crippen molar-refractivity contribution < 1.29 is 20.7 Å². The predicted octanol–water partition coefficient (Wildman–Crippen LogP) is 0.535. The Morgan fingerprint density at radius 3 is 2.27 bits per heavy atom. The predicted molar refractivity (Wildman–Crippen MR) is 73.9 cm³/mol. The van der Waals surface area contributed by atoms with E-state index in [1.165, 1.54) is 11.0 Å². The van der Waals surface area contributed by atoms with Crippen LogP contribution in [0.25, 0.3) is 0 Å². The highest BCUT2D eigenvalue weighted by Crippen LogP contribution is 2.26. The van der Waals surface area contributed by atoms with Crippen LogP contribution in [0.3, 0.4) is 0 Å². The molecule has 2 heterocycles. The molecule has 0 atom stereocenters. The van der Waals surface area contributed by atoms with Crippen LogP contribution in [0.4, 0.5) is 9.83 Å². The molecule has 1 aliphatic rings. The molecule has 0 radical (unpaired) electrons. The molecule has 0 aliphatic carbocycles.